The normalized spacial score (nSPS) is 16.8. The Morgan fingerprint density at radius 3 is 2.55 bits per heavy atom. The maximum atomic E-state index is 13.8. The van der Waals surface area contributed by atoms with Gasteiger partial charge in [-0.1, -0.05) is 6.07 Å². The Bertz CT molecular complexity index is 1280. The van der Waals surface area contributed by atoms with Crippen molar-refractivity contribution in [3.8, 4) is 11.3 Å². The highest BCUT2D eigenvalue weighted by Crippen LogP contribution is 2.28. The van der Waals surface area contributed by atoms with E-state index in [1.807, 2.05) is 43.0 Å². The number of aromatic nitrogens is 6. The van der Waals surface area contributed by atoms with E-state index >= 15 is 0 Å². The van der Waals surface area contributed by atoms with Crippen molar-refractivity contribution >= 4 is 17.5 Å². The van der Waals surface area contributed by atoms with Crippen molar-refractivity contribution in [2.45, 2.75) is 33.2 Å². The topological polar surface area (TPSA) is 92.4 Å². The van der Waals surface area contributed by atoms with Crippen LogP contribution in [-0.4, -0.2) is 66.0 Å². The molecule has 5 rings (SSSR count). The maximum Gasteiger partial charge on any atom is 0.275 e. The van der Waals surface area contributed by atoms with Crippen LogP contribution in [0.2, 0.25) is 0 Å². The summed E-state index contributed by atoms with van der Waals surface area (Å²) < 4.78 is 1.65. The highest BCUT2D eigenvalue weighted by atomic mass is 16.2. The molecule has 1 aliphatic rings. The zero-order chi connectivity index (χ0) is 22.9. The molecule has 1 amide bonds. The number of anilines is 1. The van der Waals surface area contributed by atoms with Gasteiger partial charge in [-0.15, -0.1) is 0 Å². The van der Waals surface area contributed by atoms with Gasteiger partial charge >= 0.3 is 0 Å². The molecule has 33 heavy (non-hydrogen) atoms. The molecular weight excluding hydrogens is 416 g/mol. The smallest absolute Gasteiger partial charge is 0.275 e. The molecule has 9 nitrogen and oxygen atoms in total. The Hall–Kier alpha value is -3.88. The molecule has 168 valence electrons. The lowest BCUT2D eigenvalue weighted by Crippen LogP contribution is -2.40. The lowest BCUT2D eigenvalue weighted by atomic mass is 10.1. The minimum atomic E-state index is -0.114. The highest BCUT2D eigenvalue weighted by Gasteiger charge is 2.31. The Morgan fingerprint density at radius 1 is 1.00 bits per heavy atom. The summed E-state index contributed by atoms with van der Waals surface area (Å²) in [5.41, 5.74) is 4.22. The van der Waals surface area contributed by atoms with Crippen LogP contribution in [-0.2, 0) is 0 Å². The van der Waals surface area contributed by atoms with Crippen LogP contribution in [0, 0.1) is 13.8 Å². The largest absolute Gasteiger partial charge is 0.339 e. The van der Waals surface area contributed by atoms with Gasteiger partial charge in [0.15, 0.2) is 11.3 Å². The van der Waals surface area contributed by atoms with Crippen molar-refractivity contribution in [1.29, 1.82) is 0 Å². The molecule has 0 saturated carbocycles. The monoisotopic (exact) mass is 442 g/mol. The molecule has 0 aromatic carbocycles. The van der Waals surface area contributed by atoms with Gasteiger partial charge < -0.3 is 9.80 Å². The minimum Gasteiger partial charge on any atom is -0.339 e. The number of rotatable bonds is 3. The quantitative estimate of drug-likeness (QED) is 0.482. The van der Waals surface area contributed by atoms with Gasteiger partial charge in [-0.25, -0.2) is 19.5 Å². The number of amides is 1. The minimum absolute atomic E-state index is 0.0442. The van der Waals surface area contributed by atoms with Crippen molar-refractivity contribution in [3.05, 3.63) is 66.0 Å². The van der Waals surface area contributed by atoms with Gasteiger partial charge in [0.25, 0.3) is 5.91 Å². The van der Waals surface area contributed by atoms with Gasteiger partial charge in [0, 0.05) is 55.7 Å². The molecule has 1 atom stereocenters. The molecule has 0 bridgehead atoms. The van der Waals surface area contributed by atoms with E-state index in [4.69, 9.17) is 0 Å². The van der Waals surface area contributed by atoms with Gasteiger partial charge in [0.05, 0.1) is 11.3 Å². The molecule has 0 N–H and O–H groups in total. The molecule has 0 aliphatic carbocycles. The fourth-order valence-corrected chi connectivity index (χ4v) is 4.33. The van der Waals surface area contributed by atoms with Crippen molar-refractivity contribution in [1.82, 2.24) is 34.4 Å². The number of carbonyl (C=O) groups is 1. The summed E-state index contributed by atoms with van der Waals surface area (Å²) >= 11 is 0. The SMILES string of the molecule is Cc1cc(C)nc(N2CC[C@@H](C)N(C(=O)c3nn4cccnc4c3-c3ccccn3)CC2)n1. The van der Waals surface area contributed by atoms with Crippen molar-refractivity contribution in [3.63, 3.8) is 0 Å². The lowest BCUT2D eigenvalue weighted by molar-refractivity contribution is 0.0699. The third-order valence-electron chi connectivity index (χ3n) is 5.99. The van der Waals surface area contributed by atoms with Crippen LogP contribution in [0.3, 0.4) is 0 Å². The second kappa shape index (κ2) is 8.57. The Morgan fingerprint density at radius 2 is 1.79 bits per heavy atom. The van der Waals surface area contributed by atoms with Crippen LogP contribution < -0.4 is 4.90 Å². The van der Waals surface area contributed by atoms with E-state index in [0.717, 1.165) is 30.3 Å². The van der Waals surface area contributed by atoms with E-state index in [1.54, 1.807) is 29.2 Å². The molecule has 1 saturated heterocycles. The van der Waals surface area contributed by atoms with Crippen molar-refractivity contribution < 1.29 is 4.79 Å². The number of nitrogens with zero attached hydrogens (tertiary/aromatic N) is 8. The van der Waals surface area contributed by atoms with Crippen LogP contribution in [0.4, 0.5) is 5.95 Å². The first kappa shape index (κ1) is 21.0. The molecule has 9 heteroatoms. The Balaban J connectivity index is 1.48. The number of aryl methyl sites for hydroxylation is 2. The molecule has 1 aliphatic heterocycles. The first-order valence-electron chi connectivity index (χ1n) is 11.1. The predicted octanol–water partition coefficient (Wildman–Crippen LogP) is 2.94. The van der Waals surface area contributed by atoms with E-state index in [-0.39, 0.29) is 11.9 Å². The number of hydrogen-bond acceptors (Lipinski definition) is 7. The van der Waals surface area contributed by atoms with E-state index in [9.17, 15) is 4.79 Å². The molecule has 0 spiro atoms. The Kier molecular flexibility index (Phi) is 5.45. The molecular formula is C24H26N8O. The molecule has 4 aromatic rings. The first-order chi connectivity index (χ1) is 16.0. The fourth-order valence-electron chi connectivity index (χ4n) is 4.33. The molecule has 0 unspecified atom stereocenters. The van der Waals surface area contributed by atoms with E-state index in [2.05, 4.69) is 36.9 Å². The van der Waals surface area contributed by atoms with Crippen LogP contribution in [0.15, 0.2) is 48.9 Å². The van der Waals surface area contributed by atoms with Crippen molar-refractivity contribution in [2.24, 2.45) is 0 Å². The summed E-state index contributed by atoms with van der Waals surface area (Å²) in [5, 5.41) is 4.61. The highest BCUT2D eigenvalue weighted by molar-refractivity contribution is 6.02. The fraction of sp³-hybridized carbons (Fsp3) is 0.333. The summed E-state index contributed by atoms with van der Waals surface area (Å²) in [4.78, 5) is 36.1. The van der Waals surface area contributed by atoms with E-state index < -0.39 is 0 Å². The maximum absolute atomic E-state index is 13.8. The van der Waals surface area contributed by atoms with Crippen LogP contribution in [0.5, 0.6) is 0 Å². The number of carbonyl (C=O) groups excluding carboxylic acids is 1. The lowest BCUT2D eigenvalue weighted by Gasteiger charge is -2.26. The van der Waals surface area contributed by atoms with Crippen LogP contribution in [0.25, 0.3) is 16.9 Å². The van der Waals surface area contributed by atoms with E-state index in [0.29, 0.717) is 35.7 Å². The average molecular weight is 443 g/mol. The Labute approximate surface area is 192 Å². The van der Waals surface area contributed by atoms with Crippen LogP contribution >= 0.6 is 0 Å². The zero-order valence-electron chi connectivity index (χ0n) is 19.0. The second-order valence-corrected chi connectivity index (χ2v) is 8.40. The second-order valence-electron chi connectivity index (χ2n) is 8.40. The summed E-state index contributed by atoms with van der Waals surface area (Å²) in [7, 11) is 0. The zero-order valence-corrected chi connectivity index (χ0v) is 19.0. The molecule has 0 radical (unpaired) electrons. The number of pyridine rings is 1. The van der Waals surface area contributed by atoms with Crippen LogP contribution in [0.1, 0.15) is 35.2 Å². The third kappa shape index (κ3) is 4.02. The van der Waals surface area contributed by atoms with Gasteiger partial charge in [-0.2, -0.15) is 5.10 Å². The van der Waals surface area contributed by atoms with Gasteiger partial charge in [0.2, 0.25) is 5.95 Å². The summed E-state index contributed by atoms with van der Waals surface area (Å²) in [6.45, 7) is 8.03. The van der Waals surface area contributed by atoms with Gasteiger partial charge in [-0.05, 0) is 51.5 Å². The van der Waals surface area contributed by atoms with Crippen molar-refractivity contribution in [2.75, 3.05) is 24.5 Å². The molecule has 1 fully saturated rings. The first-order valence-corrected chi connectivity index (χ1v) is 11.1. The average Bonchev–Trinajstić information content (AvgIpc) is 3.09. The van der Waals surface area contributed by atoms with Gasteiger partial charge in [0.1, 0.15) is 0 Å². The number of hydrogen-bond donors (Lipinski definition) is 0. The predicted molar refractivity (Wildman–Crippen MR) is 125 cm³/mol. The third-order valence-corrected chi connectivity index (χ3v) is 5.99. The molecule has 5 heterocycles. The summed E-state index contributed by atoms with van der Waals surface area (Å²) in [6.07, 6.45) is 6.03. The molecule has 4 aromatic heterocycles. The summed E-state index contributed by atoms with van der Waals surface area (Å²) in [6, 6.07) is 9.45. The van der Waals surface area contributed by atoms with E-state index in [1.165, 1.54) is 0 Å². The van der Waals surface area contributed by atoms with Gasteiger partial charge in [-0.3, -0.25) is 9.78 Å². The summed E-state index contributed by atoms with van der Waals surface area (Å²) in [5.74, 6) is 0.608. The standard InChI is InChI=1S/C24H26N8O/c1-16-15-17(2)28-24(27-16)30-12-8-18(3)31(14-13-30)23(33)21-20(19-7-4-5-9-25-19)22-26-10-6-11-32(22)29-21/h4-7,9-11,15,18H,8,12-14H2,1-3H3/t18-/m1/s1. The number of fused-ring (bicyclic) bond motifs is 1.